The summed E-state index contributed by atoms with van der Waals surface area (Å²) >= 11 is 0. The van der Waals surface area contributed by atoms with Gasteiger partial charge in [-0.3, -0.25) is 14.6 Å². The summed E-state index contributed by atoms with van der Waals surface area (Å²) < 4.78 is 1.85. The van der Waals surface area contributed by atoms with Crippen LogP contribution < -0.4 is 5.32 Å². The Balaban J connectivity index is 1.52. The average molecular weight is 338 g/mol. The van der Waals surface area contributed by atoms with Crippen molar-refractivity contribution in [2.75, 3.05) is 13.1 Å². The Morgan fingerprint density at radius 2 is 1.96 bits per heavy atom. The van der Waals surface area contributed by atoms with Crippen molar-refractivity contribution in [3.05, 3.63) is 54.1 Å². The molecule has 0 radical (unpaired) electrons. The largest absolute Gasteiger partial charge is 0.350 e. The Morgan fingerprint density at radius 1 is 1.24 bits per heavy atom. The molecule has 2 fully saturated rings. The summed E-state index contributed by atoms with van der Waals surface area (Å²) in [5, 5.41) is 3.22. The highest BCUT2D eigenvalue weighted by Gasteiger charge is 2.49. The number of rotatable bonds is 2. The number of aryl methyl sites for hydroxylation is 1. The Kier molecular flexibility index (Phi) is 3.82. The smallest absolute Gasteiger partial charge is 0.270 e. The SMILES string of the molecule is Cn1cccc1C(=O)N1CCC2(CC1)NC(=O)C[C@@H]2c1ccncc1. The summed E-state index contributed by atoms with van der Waals surface area (Å²) in [5.41, 5.74) is 1.61. The van der Waals surface area contributed by atoms with Gasteiger partial charge in [0.25, 0.3) is 5.91 Å². The lowest BCUT2D eigenvalue weighted by Crippen LogP contribution is -2.54. The number of pyridine rings is 1. The predicted molar refractivity (Wildman–Crippen MR) is 93.0 cm³/mol. The molecule has 0 unspecified atom stereocenters. The number of hydrogen-bond donors (Lipinski definition) is 1. The molecule has 2 amide bonds. The molecule has 2 aromatic rings. The van der Waals surface area contributed by atoms with E-state index in [1.165, 1.54) is 0 Å². The van der Waals surface area contributed by atoms with Gasteiger partial charge in [0, 0.05) is 51.1 Å². The second kappa shape index (κ2) is 6.02. The fraction of sp³-hybridized carbons (Fsp3) is 0.421. The zero-order valence-electron chi connectivity index (χ0n) is 14.3. The molecule has 0 aliphatic carbocycles. The van der Waals surface area contributed by atoms with Gasteiger partial charge in [0.2, 0.25) is 5.91 Å². The maximum absolute atomic E-state index is 12.7. The summed E-state index contributed by atoms with van der Waals surface area (Å²) in [4.78, 5) is 30.8. The van der Waals surface area contributed by atoms with E-state index >= 15 is 0 Å². The van der Waals surface area contributed by atoms with Crippen LogP contribution in [0.3, 0.4) is 0 Å². The second-order valence-electron chi connectivity index (χ2n) is 7.04. The highest BCUT2D eigenvalue weighted by atomic mass is 16.2. The number of aromatic nitrogens is 2. The number of nitrogens with zero attached hydrogens (tertiary/aromatic N) is 3. The normalized spacial score (nSPS) is 22.2. The average Bonchev–Trinajstić information content (AvgIpc) is 3.19. The lowest BCUT2D eigenvalue weighted by Gasteiger charge is -2.43. The molecule has 2 saturated heterocycles. The molecule has 0 aromatic carbocycles. The Hall–Kier alpha value is -2.63. The highest BCUT2D eigenvalue weighted by Crippen LogP contribution is 2.43. The fourth-order valence-corrected chi connectivity index (χ4v) is 4.26. The Bertz CT molecular complexity index is 791. The first-order valence-corrected chi connectivity index (χ1v) is 8.71. The fourth-order valence-electron chi connectivity index (χ4n) is 4.26. The molecule has 0 saturated carbocycles. The molecule has 2 aliphatic rings. The van der Waals surface area contributed by atoms with Gasteiger partial charge >= 0.3 is 0 Å². The highest BCUT2D eigenvalue weighted by molar-refractivity contribution is 5.93. The molecular weight excluding hydrogens is 316 g/mol. The number of likely N-dealkylation sites (tertiary alicyclic amines) is 1. The zero-order chi connectivity index (χ0) is 17.4. The van der Waals surface area contributed by atoms with Crippen LogP contribution in [0.4, 0.5) is 0 Å². The van der Waals surface area contributed by atoms with Crippen LogP contribution in [0.1, 0.15) is 41.2 Å². The minimum atomic E-state index is -0.247. The lowest BCUT2D eigenvalue weighted by molar-refractivity contribution is -0.120. The van der Waals surface area contributed by atoms with Crippen LogP contribution in [-0.4, -0.2) is 44.9 Å². The molecule has 2 aromatic heterocycles. The number of amides is 2. The van der Waals surface area contributed by atoms with Crippen LogP contribution in [0.15, 0.2) is 42.9 Å². The van der Waals surface area contributed by atoms with Gasteiger partial charge in [0.1, 0.15) is 5.69 Å². The van der Waals surface area contributed by atoms with Gasteiger partial charge in [-0.2, -0.15) is 0 Å². The molecule has 4 rings (SSSR count). The summed E-state index contributed by atoms with van der Waals surface area (Å²) in [7, 11) is 1.88. The van der Waals surface area contributed by atoms with Gasteiger partial charge in [0.15, 0.2) is 0 Å². The number of hydrogen-bond acceptors (Lipinski definition) is 3. The van der Waals surface area contributed by atoms with Crippen LogP contribution in [0.5, 0.6) is 0 Å². The lowest BCUT2D eigenvalue weighted by atomic mass is 9.74. The van der Waals surface area contributed by atoms with E-state index in [2.05, 4.69) is 10.3 Å². The van der Waals surface area contributed by atoms with Gasteiger partial charge in [-0.15, -0.1) is 0 Å². The molecular formula is C19H22N4O2. The van der Waals surface area contributed by atoms with Gasteiger partial charge in [-0.05, 0) is 42.7 Å². The number of carbonyl (C=O) groups excluding carboxylic acids is 2. The van der Waals surface area contributed by atoms with E-state index in [1.54, 1.807) is 12.4 Å². The van der Waals surface area contributed by atoms with Crippen LogP contribution in [0, 0.1) is 0 Å². The van der Waals surface area contributed by atoms with Gasteiger partial charge < -0.3 is 14.8 Å². The minimum Gasteiger partial charge on any atom is -0.350 e. The van der Waals surface area contributed by atoms with E-state index in [9.17, 15) is 9.59 Å². The van der Waals surface area contributed by atoms with E-state index in [-0.39, 0.29) is 23.3 Å². The standard InChI is InChI=1S/C19H22N4O2/c1-22-10-2-3-16(22)18(25)23-11-6-19(7-12-23)15(13-17(24)21-19)14-4-8-20-9-5-14/h2-5,8-10,15H,6-7,11-13H2,1H3,(H,21,24)/t15-/m1/s1. The number of piperidine rings is 1. The molecule has 4 heterocycles. The number of nitrogens with one attached hydrogen (secondary N) is 1. The number of carbonyl (C=O) groups is 2. The molecule has 1 N–H and O–H groups in total. The second-order valence-corrected chi connectivity index (χ2v) is 7.04. The van der Waals surface area contributed by atoms with Crippen LogP contribution in [0.25, 0.3) is 0 Å². The Labute approximate surface area is 146 Å². The first-order chi connectivity index (χ1) is 12.1. The summed E-state index contributed by atoms with van der Waals surface area (Å²) in [6, 6.07) is 7.72. The molecule has 0 bridgehead atoms. The third-order valence-corrected chi connectivity index (χ3v) is 5.66. The van der Waals surface area contributed by atoms with Crippen molar-refractivity contribution in [2.24, 2.45) is 7.05 Å². The summed E-state index contributed by atoms with van der Waals surface area (Å²) in [5.74, 6) is 0.312. The quantitative estimate of drug-likeness (QED) is 0.906. The third-order valence-electron chi connectivity index (χ3n) is 5.66. The van der Waals surface area contributed by atoms with E-state index in [0.29, 0.717) is 25.2 Å². The van der Waals surface area contributed by atoms with Crippen LogP contribution in [-0.2, 0) is 11.8 Å². The first kappa shape index (κ1) is 15.9. The topological polar surface area (TPSA) is 67.2 Å². The monoisotopic (exact) mass is 338 g/mol. The zero-order valence-corrected chi connectivity index (χ0v) is 14.3. The van der Waals surface area contributed by atoms with Gasteiger partial charge in [-0.1, -0.05) is 0 Å². The Morgan fingerprint density at radius 3 is 2.60 bits per heavy atom. The van der Waals surface area contributed by atoms with Crippen molar-refractivity contribution < 1.29 is 9.59 Å². The van der Waals surface area contributed by atoms with Crippen molar-refractivity contribution in [3.63, 3.8) is 0 Å². The maximum atomic E-state index is 12.7. The maximum Gasteiger partial charge on any atom is 0.270 e. The van der Waals surface area contributed by atoms with Crippen LogP contribution >= 0.6 is 0 Å². The molecule has 1 atom stereocenters. The molecule has 130 valence electrons. The van der Waals surface area contributed by atoms with E-state index in [4.69, 9.17) is 0 Å². The van der Waals surface area contributed by atoms with Crippen molar-refractivity contribution in [1.29, 1.82) is 0 Å². The van der Waals surface area contributed by atoms with Crippen molar-refractivity contribution >= 4 is 11.8 Å². The molecule has 1 spiro atoms. The summed E-state index contributed by atoms with van der Waals surface area (Å²) in [6.45, 7) is 1.32. The summed E-state index contributed by atoms with van der Waals surface area (Å²) in [6.07, 6.45) is 7.51. The van der Waals surface area contributed by atoms with E-state index in [0.717, 1.165) is 18.4 Å². The molecule has 2 aliphatic heterocycles. The minimum absolute atomic E-state index is 0.0622. The van der Waals surface area contributed by atoms with E-state index < -0.39 is 0 Å². The van der Waals surface area contributed by atoms with Crippen molar-refractivity contribution in [2.45, 2.75) is 30.7 Å². The first-order valence-electron chi connectivity index (χ1n) is 8.71. The predicted octanol–water partition coefficient (Wildman–Crippen LogP) is 1.70. The van der Waals surface area contributed by atoms with Gasteiger partial charge in [0.05, 0.1) is 5.54 Å². The molecule has 25 heavy (non-hydrogen) atoms. The third kappa shape index (κ3) is 2.71. The van der Waals surface area contributed by atoms with Gasteiger partial charge in [-0.25, -0.2) is 0 Å². The van der Waals surface area contributed by atoms with E-state index in [1.807, 2.05) is 47.0 Å². The molecule has 6 nitrogen and oxygen atoms in total. The van der Waals surface area contributed by atoms with Crippen molar-refractivity contribution in [3.8, 4) is 0 Å². The van der Waals surface area contributed by atoms with Crippen LogP contribution in [0.2, 0.25) is 0 Å². The molecule has 6 heteroatoms. The van der Waals surface area contributed by atoms with Crippen molar-refractivity contribution in [1.82, 2.24) is 19.8 Å².